The quantitative estimate of drug-likeness (QED) is 0.745. The summed E-state index contributed by atoms with van der Waals surface area (Å²) in [6.45, 7) is 3.64. The van der Waals surface area contributed by atoms with Gasteiger partial charge in [-0.3, -0.25) is 4.57 Å². The summed E-state index contributed by atoms with van der Waals surface area (Å²) in [6.07, 6.45) is 2.26. The molecule has 70 valence electrons. The van der Waals surface area contributed by atoms with E-state index in [9.17, 15) is 4.79 Å². The first-order valence-electron chi connectivity index (χ1n) is 4.19. The largest absolute Gasteiger partial charge is 0.464 e. The molecule has 0 radical (unpaired) electrons. The molecule has 0 bridgehead atoms. The summed E-state index contributed by atoms with van der Waals surface area (Å²) < 4.78 is 1.20. The van der Waals surface area contributed by atoms with E-state index in [0.29, 0.717) is 5.52 Å². The molecule has 1 heterocycles. The van der Waals surface area contributed by atoms with Crippen molar-refractivity contribution >= 4 is 23.1 Å². The van der Waals surface area contributed by atoms with Gasteiger partial charge in [0.05, 0.1) is 5.52 Å². The number of benzene rings is 1. The Morgan fingerprint density at radius 1 is 1.43 bits per heavy atom. The summed E-state index contributed by atoms with van der Waals surface area (Å²) in [5.41, 5.74) is 1.61. The first-order valence-corrected chi connectivity index (χ1v) is 4.19. The highest BCUT2D eigenvalue weighted by Crippen LogP contribution is 2.17. The van der Waals surface area contributed by atoms with E-state index in [-0.39, 0.29) is 0 Å². The van der Waals surface area contributed by atoms with Gasteiger partial charge in [-0.2, -0.15) is 0 Å². The molecule has 0 spiro atoms. The van der Waals surface area contributed by atoms with Crippen LogP contribution < -0.4 is 0 Å². The van der Waals surface area contributed by atoms with Crippen LogP contribution in [0.1, 0.15) is 5.56 Å². The number of carbonyl (C=O) groups is 1. The van der Waals surface area contributed by atoms with Crippen LogP contribution in [0.5, 0.6) is 0 Å². The lowest BCUT2D eigenvalue weighted by molar-refractivity contribution is 0.197. The van der Waals surface area contributed by atoms with Gasteiger partial charge < -0.3 is 5.11 Å². The molecule has 0 atom stereocenters. The van der Waals surface area contributed by atoms with E-state index in [1.807, 2.05) is 12.1 Å². The molecular weight excluding hydrogens is 178 g/mol. The second kappa shape index (κ2) is 3.03. The van der Waals surface area contributed by atoms with E-state index in [1.54, 1.807) is 24.4 Å². The molecule has 0 saturated heterocycles. The van der Waals surface area contributed by atoms with Crippen molar-refractivity contribution in [1.82, 2.24) is 4.57 Å². The SMILES string of the molecule is C=Cc1ccc2ccn(C(=O)O)c2c1. The van der Waals surface area contributed by atoms with Gasteiger partial charge in [-0.05, 0) is 17.7 Å². The van der Waals surface area contributed by atoms with Crippen LogP contribution >= 0.6 is 0 Å². The maximum atomic E-state index is 10.8. The molecule has 0 aliphatic rings. The second-order valence-electron chi connectivity index (χ2n) is 2.99. The molecule has 1 N–H and O–H groups in total. The number of fused-ring (bicyclic) bond motifs is 1. The first kappa shape index (κ1) is 8.56. The summed E-state index contributed by atoms with van der Waals surface area (Å²) in [4.78, 5) is 10.8. The molecular formula is C11H9NO2. The lowest BCUT2D eigenvalue weighted by Crippen LogP contribution is -2.05. The van der Waals surface area contributed by atoms with Crippen molar-refractivity contribution < 1.29 is 9.90 Å². The number of aromatic nitrogens is 1. The predicted octanol–water partition coefficient (Wildman–Crippen LogP) is 2.81. The maximum Gasteiger partial charge on any atom is 0.415 e. The van der Waals surface area contributed by atoms with E-state index in [2.05, 4.69) is 6.58 Å². The predicted molar refractivity (Wildman–Crippen MR) is 55.5 cm³/mol. The summed E-state index contributed by atoms with van der Waals surface area (Å²) in [7, 11) is 0. The zero-order valence-electron chi connectivity index (χ0n) is 7.47. The molecule has 0 unspecified atom stereocenters. The van der Waals surface area contributed by atoms with Crippen molar-refractivity contribution in [2.45, 2.75) is 0 Å². The lowest BCUT2D eigenvalue weighted by Gasteiger charge is -1.98. The Kier molecular flexibility index (Phi) is 1.85. The van der Waals surface area contributed by atoms with Gasteiger partial charge >= 0.3 is 6.09 Å². The Morgan fingerprint density at radius 2 is 2.21 bits per heavy atom. The molecule has 2 rings (SSSR count). The third kappa shape index (κ3) is 1.19. The van der Waals surface area contributed by atoms with Crippen molar-refractivity contribution in [3.63, 3.8) is 0 Å². The Labute approximate surface area is 80.9 Å². The van der Waals surface area contributed by atoms with E-state index in [0.717, 1.165) is 10.9 Å². The summed E-state index contributed by atoms with van der Waals surface area (Å²) in [5.74, 6) is 0. The highest BCUT2D eigenvalue weighted by Gasteiger charge is 2.05. The smallest absolute Gasteiger partial charge is 0.415 e. The molecule has 0 saturated carbocycles. The third-order valence-corrected chi connectivity index (χ3v) is 2.16. The van der Waals surface area contributed by atoms with Gasteiger partial charge in [-0.1, -0.05) is 24.8 Å². The first-order chi connectivity index (χ1) is 6.72. The Hall–Kier alpha value is -2.03. The minimum Gasteiger partial charge on any atom is -0.464 e. The molecule has 3 nitrogen and oxygen atoms in total. The molecule has 0 aliphatic carbocycles. The fourth-order valence-electron chi connectivity index (χ4n) is 1.44. The fourth-order valence-corrected chi connectivity index (χ4v) is 1.44. The zero-order valence-corrected chi connectivity index (χ0v) is 7.47. The van der Waals surface area contributed by atoms with E-state index >= 15 is 0 Å². The van der Waals surface area contributed by atoms with Crippen LogP contribution in [0.2, 0.25) is 0 Å². The highest BCUT2D eigenvalue weighted by molar-refractivity contribution is 5.90. The molecule has 0 aliphatic heterocycles. The maximum absolute atomic E-state index is 10.8. The second-order valence-corrected chi connectivity index (χ2v) is 2.99. The van der Waals surface area contributed by atoms with Crippen LogP contribution in [0.4, 0.5) is 4.79 Å². The van der Waals surface area contributed by atoms with Gasteiger partial charge in [0.25, 0.3) is 0 Å². The van der Waals surface area contributed by atoms with Crippen LogP contribution in [0, 0.1) is 0 Å². The van der Waals surface area contributed by atoms with Gasteiger partial charge in [0.1, 0.15) is 0 Å². The van der Waals surface area contributed by atoms with Gasteiger partial charge in [0.2, 0.25) is 0 Å². The van der Waals surface area contributed by atoms with Crippen molar-refractivity contribution in [3.8, 4) is 0 Å². The van der Waals surface area contributed by atoms with Gasteiger partial charge in [0.15, 0.2) is 0 Å². The van der Waals surface area contributed by atoms with Gasteiger partial charge in [0, 0.05) is 11.6 Å². The van der Waals surface area contributed by atoms with Crippen molar-refractivity contribution in [2.75, 3.05) is 0 Å². The average Bonchev–Trinajstić information content (AvgIpc) is 2.59. The van der Waals surface area contributed by atoms with Crippen LogP contribution in [-0.2, 0) is 0 Å². The molecule has 0 fully saturated rings. The number of hydrogen-bond acceptors (Lipinski definition) is 1. The molecule has 1 aromatic heterocycles. The lowest BCUT2D eigenvalue weighted by atomic mass is 10.2. The van der Waals surface area contributed by atoms with Crippen LogP contribution in [0.3, 0.4) is 0 Å². The van der Waals surface area contributed by atoms with Crippen molar-refractivity contribution in [1.29, 1.82) is 0 Å². The third-order valence-electron chi connectivity index (χ3n) is 2.16. The van der Waals surface area contributed by atoms with Crippen molar-refractivity contribution in [3.05, 3.63) is 42.6 Å². The molecule has 3 heteroatoms. The summed E-state index contributed by atoms with van der Waals surface area (Å²) in [6, 6.07) is 7.36. The Morgan fingerprint density at radius 3 is 2.86 bits per heavy atom. The fraction of sp³-hybridized carbons (Fsp3) is 0. The van der Waals surface area contributed by atoms with E-state index in [4.69, 9.17) is 5.11 Å². The minimum absolute atomic E-state index is 0.690. The van der Waals surface area contributed by atoms with E-state index < -0.39 is 6.09 Å². The molecule has 2 aromatic rings. The normalized spacial score (nSPS) is 10.3. The number of nitrogens with zero attached hydrogens (tertiary/aromatic N) is 1. The number of carboxylic acid groups (broad SMARTS) is 1. The highest BCUT2D eigenvalue weighted by atomic mass is 16.4. The number of hydrogen-bond donors (Lipinski definition) is 1. The van der Waals surface area contributed by atoms with Crippen LogP contribution in [0.15, 0.2) is 37.0 Å². The Balaban J connectivity index is 2.75. The van der Waals surface area contributed by atoms with Gasteiger partial charge in [-0.15, -0.1) is 0 Å². The van der Waals surface area contributed by atoms with Gasteiger partial charge in [-0.25, -0.2) is 4.79 Å². The van der Waals surface area contributed by atoms with Crippen LogP contribution in [0.25, 0.3) is 17.0 Å². The minimum atomic E-state index is -0.971. The topological polar surface area (TPSA) is 42.2 Å². The van der Waals surface area contributed by atoms with Crippen LogP contribution in [-0.4, -0.2) is 15.8 Å². The molecule has 14 heavy (non-hydrogen) atoms. The Bertz CT molecular complexity index is 511. The summed E-state index contributed by atoms with van der Waals surface area (Å²) in [5, 5.41) is 9.79. The molecule has 1 aromatic carbocycles. The summed E-state index contributed by atoms with van der Waals surface area (Å²) >= 11 is 0. The van der Waals surface area contributed by atoms with E-state index in [1.165, 1.54) is 4.57 Å². The van der Waals surface area contributed by atoms with Crippen molar-refractivity contribution in [2.24, 2.45) is 0 Å². The zero-order chi connectivity index (χ0) is 10.1. The standard InChI is InChI=1S/C11H9NO2/c1-2-8-3-4-9-5-6-12(11(13)14)10(9)7-8/h2-7H,1H2,(H,13,14). The monoisotopic (exact) mass is 187 g/mol. The average molecular weight is 187 g/mol. The molecule has 0 amide bonds. The number of rotatable bonds is 1.